The fraction of sp³-hybridized carbons (Fsp3) is 0.235. The Morgan fingerprint density at radius 1 is 0.814 bits per heavy atom. The molecule has 0 heterocycles. The van der Waals surface area contributed by atoms with Crippen molar-refractivity contribution in [1.82, 2.24) is 10.2 Å². The highest BCUT2D eigenvalue weighted by Gasteiger charge is 2.35. The molecular formula is C34H36FN3O4S. The molecule has 9 heteroatoms. The number of hydrogen-bond acceptors (Lipinski definition) is 4. The Kier molecular flexibility index (Phi) is 10.3. The molecule has 0 aliphatic carbocycles. The molecule has 0 aromatic heterocycles. The fourth-order valence-corrected chi connectivity index (χ4v) is 6.14. The van der Waals surface area contributed by atoms with Crippen LogP contribution >= 0.6 is 0 Å². The second-order valence-corrected chi connectivity index (χ2v) is 12.5. The van der Waals surface area contributed by atoms with E-state index in [4.69, 9.17) is 0 Å². The quantitative estimate of drug-likeness (QED) is 0.233. The molecule has 1 atom stereocenters. The monoisotopic (exact) mass is 601 g/mol. The van der Waals surface area contributed by atoms with Crippen LogP contribution in [0.1, 0.15) is 30.5 Å². The van der Waals surface area contributed by atoms with Gasteiger partial charge in [-0.1, -0.05) is 84.4 Å². The van der Waals surface area contributed by atoms with Crippen LogP contribution in [0.5, 0.6) is 0 Å². The zero-order valence-electron chi connectivity index (χ0n) is 24.5. The lowest BCUT2D eigenvalue weighted by Crippen LogP contribution is -2.54. The topological polar surface area (TPSA) is 86.8 Å². The average Bonchev–Trinajstić information content (AvgIpc) is 2.99. The van der Waals surface area contributed by atoms with E-state index in [1.807, 2.05) is 51.1 Å². The molecule has 0 saturated carbocycles. The predicted octanol–water partition coefficient (Wildman–Crippen LogP) is 5.49. The summed E-state index contributed by atoms with van der Waals surface area (Å²) < 4.78 is 43.9. The molecule has 4 aromatic carbocycles. The number of hydrogen-bond donors (Lipinski definition) is 1. The van der Waals surface area contributed by atoms with Gasteiger partial charge in [0.25, 0.3) is 10.0 Å². The maximum atomic E-state index is 14.9. The molecule has 2 amide bonds. The molecule has 0 saturated heterocycles. The van der Waals surface area contributed by atoms with Crippen molar-refractivity contribution in [2.75, 3.05) is 10.8 Å². The first-order chi connectivity index (χ1) is 20.6. The molecule has 4 aromatic rings. The van der Waals surface area contributed by atoms with Gasteiger partial charge in [-0.15, -0.1) is 0 Å². The molecule has 0 unspecified atom stereocenters. The van der Waals surface area contributed by atoms with E-state index in [0.29, 0.717) is 5.69 Å². The van der Waals surface area contributed by atoms with Crippen molar-refractivity contribution < 1.29 is 22.4 Å². The standard InChI is InChI=1S/C34H36FN3O4S/c1-25(2)36-34(40)32(22-27-12-6-4-7-13-27)37(23-28-14-10-11-17-31(28)35)33(39)24-38(29-20-18-26(3)19-21-29)43(41,42)30-15-8-5-9-16-30/h4-21,25,32H,22-24H2,1-3H3,(H,36,40)/t32-/m0/s1. The van der Waals surface area contributed by atoms with Crippen LogP contribution in [-0.2, 0) is 32.6 Å². The minimum atomic E-state index is -4.19. The Hall–Kier alpha value is -4.50. The van der Waals surface area contributed by atoms with E-state index in [0.717, 1.165) is 15.4 Å². The third-order valence-corrected chi connectivity index (χ3v) is 8.72. The average molecular weight is 602 g/mol. The van der Waals surface area contributed by atoms with Gasteiger partial charge in [0.2, 0.25) is 11.8 Å². The molecule has 224 valence electrons. The molecule has 4 rings (SSSR count). The summed E-state index contributed by atoms with van der Waals surface area (Å²) in [5.41, 5.74) is 2.21. The van der Waals surface area contributed by atoms with Crippen molar-refractivity contribution in [3.8, 4) is 0 Å². The van der Waals surface area contributed by atoms with Gasteiger partial charge in [0.15, 0.2) is 0 Å². The zero-order chi connectivity index (χ0) is 31.0. The molecule has 0 spiro atoms. The highest BCUT2D eigenvalue weighted by Crippen LogP contribution is 2.25. The third kappa shape index (κ3) is 8.08. The lowest BCUT2D eigenvalue weighted by Gasteiger charge is -2.34. The van der Waals surface area contributed by atoms with E-state index in [9.17, 15) is 22.4 Å². The molecule has 0 aliphatic rings. The van der Waals surface area contributed by atoms with Gasteiger partial charge in [0, 0.05) is 24.6 Å². The molecule has 7 nitrogen and oxygen atoms in total. The van der Waals surface area contributed by atoms with Gasteiger partial charge in [0.05, 0.1) is 10.6 Å². The first-order valence-electron chi connectivity index (χ1n) is 14.1. The first-order valence-corrected chi connectivity index (χ1v) is 15.5. The second kappa shape index (κ2) is 14.1. The van der Waals surface area contributed by atoms with Gasteiger partial charge in [-0.05, 0) is 56.7 Å². The summed E-state index contributed by atoms with van der Waals surface area (Å²) in [5, 5.41) is 2.89. The summed E-state index contributed by atoms with van der Waals surface area (Å²) in [6.45, 7) is 4.66. The van der Waals surface area contributed by atoms with E-state index >= 15 is 0 Å². The molecule has 0 radical (unpaired) electrons. The largest absolute Gasteiger partial charge is 0.352 e. The Bertz CT molecular complexity index is 1630. The number of carbonyl (C=O) groups excluding carboxylic acids is 2. The van der Waals surface area contributed by atoms with Crippen molar-refractivity contribution in [1.29, 1.82) is 0 Å². The summed E-state index contributed by atoms with van der Waals surface area (Å²) >= 11 is 0. The van der Waals surface area contributed by atoms with Crippen LogP contribution in [-0.4, -0.2) is 43.8 Å². The van der Waals surface area contributed by atoms with Crippen molar-refractivity contribution in [2.45, 2.75) is 50.7 Å². The Labute approximate surface area is 253 Å². The maximum Gasteiger partial charge on any atom is 0.264 e. The van der Waals surface area contributed by atoms with Gasteiger partial charge in [-0.25, -0.2) is 12.8 Å². The van der Waals surface area contributed by atoms with Crippen LogP contribution in [0.3, 0.4) is 0 Å². The number of rotatable bonds is 12. The van der Waals surface area contributed by atoms with Gasteiger partial charge < -0.3 is 10.2 Å². The van der Waals surface area contributed by atoms with E-state index in [1.54, 1.807) is 60.7 Å². The number of sulfonamides is 1. The third-order valence-electron chi connectivity index (χ3n) is 6.93. The van der Waals surface area contributed by atoms with Crippen LogP contribution in [0.15, 0.2) is 114 Å². The van der Waals surface area contributed by atoms with Crippen LogP contribution < -0.4 is 9.62 Å². The molecule has 0 bridgehead atoms. The number of amides is 2. The zero-order valence-corrected chi connectivity index (χ0v) is 25.3. The van der Waals surface area contributed by atoms with Gasteiger partial charge in [0.1, 0.15) is 18.4 Å². The number of halogens is 1. The number of benzene rings is 4. The highest BCUT2D eigenvalue weighted by atomic mass is 32.2. The minimum absolute atomic E-state index is 0.0161. The maximum absolute atomic E-state index is 14.9. The van der Waals surface area contributed by atoms with Crippen molar-refractivity contribution in [3.63, 3.8) is 0 Å². The number of aryl methyl sites for hydroxylation is 1. The van der Waals surface area contributed by atoms with Gasteiger partial charge in [-0.2, -0.15) is 0 Å². The normalized spacial score (nSPS) is 12.0. The van der Waals surface area contributed by atoms with E-state index in [-0.39, 0.29) is 29.5 Å². The molecule has 0 aliphatic heterocycles. The second-order valence-electron chi connectivity index (χ2n) is 10.6. The summed E-state index contributed by atoms with van der Waals surface area (Å²) in [4.78, 5) is 29.3. The molecule has 1 N–H and O–H groups in total. The van der Waals surface area contributed by atoms with E-state index in [1.165, 1.54) is 23.1 Å². The highest BCUT2D eigenvalue weighted by molar-refractivity contribution is 7.92. The molecular weight excluding hydrogens is 565 g/mol. The first kappa shape index (κ1) is 31.4. The summed E-state index contributed by atoms with van der Waals surface area (Å²) in [5.74, 6) is -1.60. The lowest BCUT2D eigenvalue weighted by atomic mass is 10.0. The lowest BCUT2D eigenvalue weighted by molar-refractivity contribution is -0.140. The summed E-state index contributed by atoms with van der Waals surface area (Å²) in [7, 11) is -4.19. The van der Waals surface area contributed by atoms with Crippen molar-refractivity contribution >= 4 is 27.5 Å². The van der Waals surface area contributed by atoms with Crippen LogP contribution in [0, 0.1) is 12.7 Å². The molecule has 0 fully saturated rings. The fourth-order valence-electron chi connectivity index (χ4n) is 4.70. The smallest absolute Gasteiger partial charge is 0.264 e. The van der Waals surface area contributed by atoms with E-state index in [2.05, 4.69) is 5.32 Å². The number of nitrogens with one attached hydrogen (secondary N) is 1. The Morgan fingerprint density at radius 3 is 2.00 bits per heavy atom. The van der Waals surface area contributed by atoms with Crippen molar-refractivity contribution in [2.24, 2.45) is 0 Å². The van der Waals surface area contributed by atoms with Gasteiger partial charge in [-0.3, -0.25) is 13.9 Å². The van der Waals surface area contributed by atoms with E-state index < -0.39 is 40.2 Å². The SMILES string of the molecule is Cc1ccc(N(CC(=O)N(Cc2ccccc2F)[C@@H](Cc2ccccc2)C(=O)NC(C)C)S(=O)(=O)c2ccccc2)cc1. The van der Waals surface area contributed by atoms with Crippen LogP contribution in [0.25, 0.3) is 0 Å². The number of carbonyl (C=O) groups is 2. The summed E-state index contributed by atoms with van der Waals surface area (Å²) in [6, 6.07) is 28.6. The Morgan fingerprint density at radius 2 is 1.40 bits per heavy atom. The van der Waals surface area contributed by atoms with Crippen LogP contribution in [0.4, 0.5) is 10.1 Å². The number of anilines is 1. The van der Waals surface area contributed by atoms with Crippen LogP contribution in [0.2, 0.25) is 0 Å². The Balaban J connectivity index is 1.80. The van der Waals surface area contributed by atoms with Crippen molar-refractivity contribution in [3.05, 3.63) is 132 Å². The minimum Gasteiger partial charge on any atom is -0.352 e. The molecule has 43 heavy (non-hydrogen) atoms. The predicted molar refractivity (Wildman–Crippen MR) is 166 cm³/mol. The number of nitrogens with zero attached hydrogens (tertiary/aromatic N) is 2. The van der Waals surface area contributed by atoms with Gasteiger partial charge >= 0.3 is 0 Å². The summed E-state index contributed by atoms with van der Waals surface area (Å²) in [6.07, 6.45) is 0.148.